The third kappa shape index (κ3) is 4.67. The van der Waals surface area contributed by atoms with Crippen molar-refractivity contribution in [3.05, 3.63) is 53.6 Å². The number of piperidine rings is 1. The molecule has 2 heterocycles. The van der Waals surface area contributed by atoms with Gasteiger partial charge >= 0.3 is 0 Å². The number of benzene rings is 2. The SMILES string of the molecule is COCCN(C)C(=O)c1ccc(-c2ccc3c(c2)CCC2(CCN(C4CCC4)CC2)O3)cc1. The summed E-state index contributed by atoms with van der Waals surface area (Å²) >= 11 is 0. The number of nitrogens with zero attached hydrogens (tertiary/aromatic N) is 2. The van der Waals surface area contributed by atoms with E-state index in [0.29, 0.717) is 18.7 Å². The Bertz CT molecular complexity index is 975. The number of rotatable bonds is 6. The molecule has 5 rings (SSSR count). The van der Waals surface area contributed by atoms with E-state index in [2.05, 4.69) is 23.1 Å². The topological polar surface area (TPSA) is 42.0 Å². The maximum absolute atomic E-state index is 12.6. The highest BCUT2D eigenvalue weighted by molar-refractivity contribution is 5.94. The van der Waals surface area contributed by atoms with Crippen molar-refractivity contribution in [2.45, 2.75) is 56.6 Å². The van der Waals surface area contributed by atoms with E-state index in [4.69, 9.17) is 9.47 Å². The van der Waals surface area contributed by atoms with Gasteiger partial charge in [0.2, 0.25) is 0 Å². The predicted octanol–water partition coefficient (Wildman–Crippen LogP) is 4.78. The van der Waals surface area contributed by atoms with Crippen LogP contribution in [0.15, 0.2) is 42.5 Å². The molecule has 0 bridgehead atoms. The second-order valence-electron chi connectivity index (χ2n) is 10.0. The predicted molar refractivity (Wildman–Crippen MR) is 131 cm³/mol. The van der Waals surface area contributed by atoms with Gasteiger partial charge < -0.3 is 19.3 Å². The largest absolute Gasteiger partial charge is 0.487 e. The summed E-state index contributed by atoms with van der Waals surface area (Å²) in [4.78, 5) is 17.0. The van der Waals surface area contributed by atoms with Crippen LogP contribution in [-0.4, -0.2) is 67.7 Å². The molecule has 2 fully saturated rings. The van der Waals surface area contributed by atoms with Crippen molar-refractivity contribution in [1.29, 1.82) is 0 Å². The van der Waals surface area contributed by atoms with Crippen LogP contribution < -0.4 is 4.74 Å². The fourth-order valence-electron chi connectivity index (χ4n) is 5.46. The summed E-state index contributed by atoms with van der Waals surface area (Å²) in [7, 11) is 3.46. The molecule has 1 saturated carbocycles. The van der Waals surface area contributed by atoms with E-state index in [-0.39, 0.29) is 11.5 Å². The highest BCUT2D eigenvalue weighted by Gasteiger charge is 2.41. The van der Waals surface area contributed by atoms with Crippen molar-refractivity contribution in [1.82, 2.24) is 9.80 Å². The summed E-state index contributed by atoms with van der Waals surface area (Å²) in [6, 6.07) is 15.3. The molecule has 2 aromatic rings. The number of carbonyl (C=O) groups excluding carboxylic acids is 1. The highest BCUT2D eigenvalue weighted by atomic mass is 16.5. The first-order chi connectivity index (χ1) is 16.1. The number of hydrogen-bond acceptors (Lipinski definition) is 4. The summed E-state index contributed by atoms with van der Waals surface area (Å²) in [5.41, 5.74) is 4.35. The van der Waals surface area contributed by atoms with Crippen molar-refractivity contribution in [2.24, 2.45) is 0 Å². The first-order valence-corrected chi connectivity index (χ1v) is 12.5. The van der Waals surface area contributed by atoms with Gasteiger partial charge in [-0.2, -0.15) is 0 Å². The maximum atomic E-state index is 12.6. The molecule has 5 heteroatoms. The van der Waals surface area contributed by atoms with Gasteiger partial charge in [-0.3, -0.25) is 4.79 Å². The minimum absolute atomic E-state index is 0.0195. The number of fused-ring (bicyclic) bond motifs is 1. The minimum atomic E-state index is 0.0195. The van der Waals surface area contributed by atoms with Crippen LogP contribution in [0.25, 0.3) is 11.1 Å². The standard InChI is InChI=1S/C28H36N2O3/c1-29(18-19-32-2)27(31)22-8-6-21(7-9-22)23-10-11-26-24(20-23)12-13-28(33-26)14-16-30(17-15-28)25-4-3-5-25/h6-11,20,25H,3-5,12-19H2,1-2H3. The minimum Gasteiger partial charge on any atom is -0.487 e. The molecular weight excluding hydrogens is 412 g/mol. The first-order valence-electron chi connectivity index (χ1n) is 12.5. The zero-order chi connectivity index (χ0) is 22.8. The Hall–Kier alpha value is -2.37. The van der Waals surface area contributed by atoms with Crippen LogP contribution in [0.1, 0.15) is 54.4 Å². The van der Waals surface area contributed by atoms with E-state index in [1.807, 2.05) is 31.3 Å². The Kier molecular flexibility index (Phi) is 6.44. The summed E-state index contributed by atoms with van der Waals surface area (Å²) < 4.78 is 11.7. The molecule has 0 unspecified atom stereocenters. The van der Waals surface area contributed by atoms with Crippen LogP contribution in [-0.2, 0) is 11.2 Å². The number of hydrogen-bond donors (Lipinski definition) is 0. The monoisotopic (exact) mass is 448 g/mol. The van der Waals surface area contributed by atoms with E-state index >= 15 is 0 Å². The zero-order valence-electron chi connectivity index (χ0n) is 20.0. The first kappa shape index (κ1) is 22.4. The molecule has 0 atom stereocenters. The molecule has 0 radical (unpaired) electrons. The number of likely N-dealkylation sites (tertiary alicyclic amines) is 1. The number of aryl methyl sites for hydroxylation is 1. The van der Waals surface area contributed by atoms with Gasteiger partial charge in [-0.1, -0.05) is 24.6 Å². The molecule has 33 heavy (non-hydrogen) atoms. The van der Waals surface area contributed by atoms with Crippen LogP contribution in [0, 0.1) is 0 Å². The van der Waals surface area contributed by atoms with Crippen molar-refractivity contribution < 1.29 is 14.3 Å². The highest BCUT2D eigenvalue weighted by Crippen LogP contribution is 2.42. The smallest absolute Gasteiger partial charge is 0.253 e. The molecule has 1 spiro atoms. The van der Waals surface area contributed by atoms with Gasteiger partial charge in [0, 0.05) is 45.4 Å². The molecule has 1 aliphatic carbocycles. The van der Waals surface area contributed by atoms with Crippen molar-refractivity contribution >= 4 is 5.91 Å². The Labute approximate surface area is 197 Å². The third-order valence-electron chi connectivity index (χ3n) is 7.98. The van der Waals surface area contributed by atoms with Gasteiger partial charge in [0.05, 0.1) is 6.61 Å². The molecule has 0 aromatic heterocycles. The lowest BCUT2D eigenvalue weighted by molar-refractivity contribution is -0.0336. The second-order valence-corrected chi connectivity index (χ2v) is 10.0. The summed E-state index contributed by atoms with van der Waals surface area (Å²) in [5.74, 6) is 1.08. The third-order valence-corrected chi connectivity index (χ3v) is 7.98. The van der Waals surface area contributed by atoms with Gasteiger partial charge in [0.1, 0.15) is 11.4 Å². The quantitative estimate of drug-likeness (QED) is 0.638. The van der Waals surface area contributed by atoms with Gasteiger partial charge in [0.15, 0.2) is 0 Å². The summed E-state index contributed by atoms with van der Waals surface area (Å²) in [6.45, 7) is 3.49. The molecule has 0 N–H and O–H groups in total. The van der Waals surface area contributed by atoms with Gasteiger partial charge in [-0.25, -0.2) is 0 Å². The zero-order valence-corrected chi connectivity index (χ0v) is 20.0. The van der Waals surface area contributed by atoms with Crippen LogP contribution in [0.2, 0.25) is 0 Å². The molecule has 2 aliphatic heterocycles. The lowest BCUT2D eigenvalue weighted by atomic mass is 9.81. The van der Waals surface area contributed by atoms with Crippen molar-refractivity contribution in [3.8, 4) is 16.9 Å². The Morgan fingerprint density at radius 2 is 1.82 bits per heavy atom. The Morgan fingerprint density at radius 3 is 2.48 bits per heavy atom. The van der Waals surface area contributed by atoms with E-state index in [9.17, 15) is 4.79 Å². The van der Waals surface area contributed by atoms with Gasteiger partial charge in [-0.15, -0.1) is 0 Å². The van der Waals surface area contributed by atoms with Gasteiger partial charge in [0.25, 0.3) is 5.91 Å². The maximum Gasteiger partial charge on any atom is 0.253 e. The molecule has 5 nitrogen and oxygen atoms in total. The van der Waals surface area contributed by atoms with E-state index in [1.54, 1.807) is 12.0 Å². The molecule has 3 aliphatic rings. The van der Waals surface area contributed by atoms with Crippen LogP contribution in [0.3, 0.4) is 0 Å². The molecule has 1 amide bonds. The Balaban J connectivity index is 1.24. The molecule has 2 aromatic carbocycles. The van der Waals surface area contributed by atoms with Crippen molar-refractivity contribution in [3.63, 3.8) is 0 Å². The van der Waals surface area contributed by atoms with Crippen molar-refractivity contribution in [2.75, 3.05) is 40.4 Å². The van der Waals surface area contributed by atoms with Gasteiger partial charge in [-0.05, 0) is 79.5 Å². The van der Waals surface area contributed by atoms with E-state index in [1.165, 1.54) is 43.5 Å². The number of ether oxygens (including phenoxy) is 2. The number of carbonyl (C=O) groups is 1. The number of likely N-dealkylation sites (N-methyl/N-ethyl adjacent to an activating group) is 1. The van der Waals surface area contributed by atoms with Crippen LogP contribution in [0.4, 0.5) is 0 Å². The normalized spacial score (nSPS) is 20.1. The average Bonchev–Trinajstić information content (AvgIpc) is 2.82. The fraction of sp³-hybridized carbons (Fsp3) is 0.536. The molecule has 1 saturated heterocycles. The van der Waals surface area contributed by atoms with Crippen LogP contribution >= 0.6 is 0 Å². The number of methoxy groups -OCH3 is 1. The molecule has 176 valence electrons. The molecular formula is C28H36N2O3. The second kappa shape index (κ2) is 9.47. The summed E-state index contributed by atoms with van der Waals surface area (Å²) in [6.07, 6.45) is 8.68. The lowest BCUT2D eigenvalue weighted by Crippen LogP contribution is -2.53. The average molecular weight is 449 g/mol. The Morgan fingerprint density at radius 1 is 1.09 bits per heavy atom. The summed E-state index contributed by atoms with van der Waals surface area (Å²) in [5, 5.41) is 0. The fourth-order valence-corrected chi connectivity index (χ4v) is 5.46. The number of amides is 1. The lowest BCUT2D eigenvalue weighted by Gasteiger charge is -2.48. The van der Waals surface area contributed by atoms with E-state index < -0.39 is 0 Å². The van der Waals surface area contributed by atoms with Crippen LogP contribution in [0.5, 0.6) is 5.75 Å². The van der Waals surface area contributed by atoms with E-state index in [0.717, 1.165) is 43.0 Å².